The highest BCUT2D eigenvalue weighted by Crippen LogP contribution is 2.36. The quantitative estimate of drug-likeness (QED) is 0.779. The number of ether oxygens (including phenoxy) is 1. The van der Waals surface area contributed by atoms with Crippen LogP contribution in [0.5, 0.6) is 5.75 Å². The lowest BCUT2D eigenvalue weighted by atomic mass is 10.0. The number of carbonyl (C=O) groups is 1. The maximum atomic E-state index is 13.8. The van der Waals surface area contributed by atoms with Crippen LogP contribution in [0, 0.1) is 5.82 Å². The third kappa shape index (κ3) is 2.64. The molecular formula is C17H13ClFNO3. The van der Waals surface area contributed by atoms with Crippen LogP contribution in [0.4, 0.5) is 4.39 Å². The summed E-state index contributed by atoms with van der Waals surface area (Å²) in [7, 11) is 3.06. The first kappa shape index (κ1) is 15.4. The minimum absolute atomic E-state index is 0.00743. The van der Waals surface area contributed by atoms with Gasteiger partial charge in [0.1, 0.15) is 22.9 Å². The van der Waals surface area contributed by atoms with E-state index in [1.807, 2.05) is 0 Å². The molecule has 1 heterocycles. The number of rotatable bonds is 3. The smallest absolute Gasteiger partial charge is 0.255 e. The molecule has 6 heteroatoms. The first-order valence-corrected chi connectivity index (χ1v) is 7.21. The first-order valence-electron chi connectivity index (χ1n) is 6.83. The number of fused-ring (bicyclic) bond motifs is 1. The van der Waals surface area contributed by atoms with Gasteiger partial charge in [0.2, 0.25) is 0 Å². The molecule has 0 aliphatic carbocycles. The normalized spacial score (nSPS) is 10.8. The summed E-state index contributed by atoms with van der Waals surface area (Å²) in [4.78, 5) is 12.3. The summed E-state index contributed by atoms with van der Waals surface area (Å²) in [5.41, 5.74) is 1.26. The standard InChI is InChI=1S/C17H13ClFNO3/c1-20-17(21)15-11-8-10(22-2)4-6-14(11)23-16(15)9-3-5-12(18)13(19)7-9/h3-8H,1-2H3,(H,20,21). The molecule has 4 nitrogen and oxygen atoms in total. The number of hydrogen-bond acceptors (Lipinski definition) is 3. The molecule has 0 aliphatic rings. The van der Waals surface area contributed by atoms with Crippen molar-refractivity contribution >= 4 is 28.5 Å². The molecule has 0 atom stereocenters. The molecule has 0 aliphatic heterocycles. The molecule has 0 fully saturated rings. The van der Waals surface area contributed by atoms with Crippen LogP contribution in [0.3, 0.4) is 0 Å². The fourth-order valence-corrected chi connectivity index (χ4v) is 2.51. The van der Waals surface area contributed by atoms with Gasteiger partial charge in [-0.25, -0.2) is 4.39 Å². The Bertz CT molecular complexity index is 904. The number of carbonyl (C=O) groups excluding carboxylic acids is 1. The van der Waals surface area contributed by atoms with Crippen LogP contribution >= 0.6 is 11.6 Å². The average molecular weight is 334 g/mol. The molecule has 0 saturated carbocycles. The summed E-state index contributed by atoms with van der Waals surface area (Å²) in [6.45, 7) is 0. The molecule has 0 saturated heterocycles. The number of amides is 1. The van der Waals surface area contributed by atoms with Crippen molar-refractivity contribution in [1.82, 2.24) is 5.32 Å². The molecule has 118 valence electrons. The van der Waals surface area contributed by atoms with E-state index < -0.39 is 5.82 Å². The van der Waals surface area contributed by atoms with E-state index in [-0.39, 0.29) is 16.7 Å². The lowest BCUT2D eigenvalue weighted by Gasteiger charge is -2.04. The zero-order valence-electron chi connectivity index (χ0n) is 12.4. The van der Waals surface area contributed by atoms with Crippen LogP contribution in [0.2, 0.25) is 5.02 Å². The van der Waals surface area contributed by atoms with Crippen molar-refractivity contribution < 1.29 is 18.3 Å². The SMILES string of the molecule is CNC(=O)c1c(-c2ccc(Cl)c(F)c2)oc2ccc(OC)cc12. The topological polar surface area (TPSA) is 51.5 Å². The predicted octanol–water partition coefficient (Wildman–Crippen LogP) is 4.26. The molecule has 1 aromatic heterocycles. The summed E-state index contributed by atoms with van der Waals surface area (Å²) in [5, 5.41) is 3.17. The summed E-state index contributed by atoms with van der Waals surface area (Å²) in [6.07, 6.45) is 0. The molecule has 3 rings (SSSR count). The lowest BCUT2D eigenvalue weighted by molar-refractivity contribution is 0.0964. The zero-order valence-corrected chi connectivity index (χ0v) is 13.2. The fraction of sp³-hybridized carbons (Fsp3) is 0.118. The van der Waals surface area contributed by atoms with Crippen LogP contribution < -0.4 is 10.1 Å². The van der Waals surface area contributed by atoms with Crippen LogP contribution in [-0.2, 0) is 0 Å². The van der Waals surface area contributed by atoms with E-state index in [1.165, 1.54) is 26.3 Å². The highest BCUT2D eigenvalue weighted by Gasteiger charge is 2.22. The van der Waals surface area contributed by atoms with Gasteiger partial charge >= 0.3 is 0 Å². The minimum atomic E-state index is -0.579. The van der Waals surface area contributed by atoms with E-state index in [2.05, 4.69) is 5.32 Å². The maximum absolute atomic E-state index is 13.8. The van der Waals surface area contributed by atoms with Crippen molar-refractivity contribution in [2.24, 2.45) is 0 Å². The molecule has 0 radical (unpaired) electrons. The van der Waals surface area contributed by atoms with Crippen LogP contribution in [0.25, 0.3) is 22.3 Å². The van der Waals surface area contributed by atoms with Crippen LogP contribution in [0.1, 0.15) is 10.4 Å². The van der Waals surface area contributed by atoms with Crippen molar-refractivity contribution in [3.05, 3.63) is 52.8 Å². The molecule has 1 amide bonds. The first-order chi connectivity index (χ1) is 11.0. The Morgan fingerprint density at radius 1 is 1.26 bits per heavy atom. The molecule has 3 aromatic rings. The van der Waals surface area contributed by atoms with E-state index >= 15 is 0 Å². The van der Waals surface area contributed by atoms with Crippen molar-refractivity contribution in [3.8, 4) is 17.1 Å². The van der Waals surface area contributed by atoms with Crippen molar-refractivity contribution in [1.29, 1.82) is 0 Å². The molecule has 0 bridgehead atoms. The molecular weight excluding hydrogens is 321 g/mol. The van der Waals surface area contributed by atoms with Gasteiger partial charge < -0.3 is 14.5 Å². The number of furan rings is 1. The van der Waals surface area contributed by atoms with Crippen LogP contribution in [-0.4, -0.2) is 20.1 Å². The highest BCUT2D eigenvalue weighted by atomic mass is 35.5. The third-order valence-electron chi connectivity index (χ3n) is 3.53. The van der Waals surface area contributed by atoms with Gasteiger partial charge in [-0.2, -0.15) is 0 Å². The second-order valence-electron chi connectivity index (χ2n) is 4.88. The summed E-state index contributed by atoms with van der Waals surface area (Å²) >= 11 is 5.71. The number of benzene rings is 2. The van der Waals surface area contributed by atoms with Gasteiger partial charge in [-0.15, -0.1) is 0 Å². The highest BCUT2D eigenvalue weighted by molar-refractivity contribution is 6.30. The third-order valence-corrected chi connectivity index (χ3v) is 3.84. The summed E-state index contributed by atoms with van der Waals surface area (Å²) < 4.78 is 24.7. The van der Waals surface area contributed by atoms with E-state index in [1.54, 1.807) is 24.3 Å². The van der Waals surface area contributed by atoms with Gasteiger partial charge in [0.15, 0.2) is 0 Å². The fourth-order valence-electron chi connectivity index (χ4n) is 2.39. The molecule has 2 aromatic carbocycles. The second kappa shape index (κ2) is 5.93. The van der Waals surface area contributed by atoms with Crippen molar-refractivity contribution in [2.75, 3.05) is 14.2 Å². The molecule has 0 unspecified atom stereocenters. The zero-order chi connectivity index (χ0) is 16.6. The Labute approximate surface area is 136 Å². The van der Waals surface area contributed by atoms with Gasteiger partial charge in [0, 0.05) is 18.0 Å². The van der Waals surface area contributed by atoms with Gasteiger partial charge in [-0.3, -0.25) is 4.79 Å². The summed E-state index contributed by atoms with van der Waals surface area (Å²) in [5.74, 6) is -0.0344. The van der Waals surface area contributed by atoms with Gasteiger partial charge in [-0.05, 0) is 36.4 Å². The largest absolute Gasteiger partial charge is 0.497 e. The predicted molar refractivity (Wildman–Crippen MR) is 86.6 cm³/mol. The average Bonchev–Trinajstić information content (AvgIpc) is 2.95. The van der Waals surface area contributed by atoms with E-state index in [4.69, 9.17) is 20.8 Å². The Hall–Kier alpha value is -2.53. The lowest BCUT2D eigenvalue weighted by Crippen LogP contribution is -2.18. The van der Waals surface area contributed by atoms with Gasteiger partial charge in [-0.1, -0.05) is 11.6 Å². The molecule has 0 spiro atoms. The summed E-state index contributed by atoms with van der Waals surface area (Å²) in [6, 6.07) is 9.41. The number of methoxy groups -OCH3 is 1. The maximum Gasteiger partial charge on any atom is 0.255 e. The number of halogens is 2. The van der Waals surface area contributed by atoms with Crippen LogP contribution in [0.15, 0.2) is 40.8 Å². The second-order valence-corrected chi connectivity index (χ2v) is 5.28. The Morgan fingerprint density at radius 3 is 2.70 bits per heavy atom. The minimum Gasteiger partial charge on any atom is -0.497 e. The Balaban J connectivity index is 2.30. The molecule has 23 heavy (non-hydrogen) atoms. The van der Waals surface area contributed by atoms with Crippen molar-refractivity contribution in [2.45, 2.75) is 0 Å². The monoisotopic (exact) mass is 333 g/mol. The van der Waals surface area contributed by atoms with E-state index in [0.29, 0.717) is 27.8 Å². The number of hydrogen-bond donors (Lipinski definition) is 1. The van der Waals surface area contributed by atoms with Gasteiger partial charge in [0.05, 0.1) is 17.7 Å². The van der Waals surface area contributed by atoms with Gasteiger partial charge in [0.25, 0.3) is 5.91 Å². The number of nitrogens with one attached hydrogen (secondary N) is 1. The van der Waals surface area contributed by atoms with E-state index in [9.17, 15) is 9.18 Å². The van der Waals surface area contributed by atoms with Crippen molar-refractivity contribution in [3.63, 3.8) is 0 Å². The molecule has 1 N–H and O–H groups in total. The van der Waals surface area contributed by atoms with E-state index in [0.717, 1.165) is 0 Å². The Morgan fingerprint density at radius 2 is 2.04 bits per heavy atom. The Kier molecular flexibility index (Phi) is 3.96.